The number of carbonyl (C=O) groups is 5. The molecule has 9 aromatic carbocycles. The Morgan fingerprint density at radius 3 is 1.00 bits per heavy atom. The van der Waals surface area contributed by atoms with E-state index in [-0.39, 0.29) is 65.0 Å². The summed E-state index contributed by atoms with van der Waals surface area (Å²) >= 11 is 39.1. The van der Waals surface area contributed by atoms with E-state index in [9.17, 15) is 24.6 Å². The Balaban J connectivity index is 0.970. The van der Waals surface area contributed by atoms with Crippen molar-refractivity contribution in [2.24, 2.45) is 0 Å². The molecular weight excluding hydrogens is 1910 g/mol. The van der Waals surface area contributed by atoms with Crippen molar-refractivity contribution < 1.29 is 128 Å². The number of amides is 1. The van der Waals surface area contributed by atoms with Crippen LogP contribution in [0.1, 0.15) is 96.4 Å². The third-order valence-corrected chi connectivity index (χ3v) is 24.4. The second-order valence-electron chi connectivity index (χ2n) is 33.6. The molecule has 2 N–H and O–H groups in total. The van der Waals surface area contributed by atoms with Gasteiger partial charge in [-0.2, -0.15) is 0 Å². The molecule has 5 heterocycles. The predicted octanol–water partition coefficient (Wildman–Crippen LogP) is 16.4. The SMILES string of the molecule is CC(=O)OC[C@H]1O[C@@H](O[C@H]2[C@H](O[C@H]3[C@H](O[C@@H]4[C@@H](O[C@H]5O[C@H](COCc6ccccc6)[C@@H](OCc6ccccc6)[C@H](OCc6ccccc6)[C@H]5OCc5ccccc5)[C@H](C)O[C@@H](OC(=N)C(Cl)(Cl)Cl)[C@@H]4OC(=O)c4ccccc4)O[C@@H](C)[C@H](OCc4ccccc4)[C@H]3OCc3ccccc3)O[C@@H](C)[C@H](OCc3ccccc3)[C@H]2OCc2ccccc2)[C@H](NC(=O)C(Cl)(Cl)Cl)[C@@H](OC(C)=O)[C@@H]1OC(C)=O. The zero-order valence-corrected chi connectivity index (χ0v) is 80.8. The fourth-order valence-electron chi connectivity index (χ4n) is 16.7. The molecule has 0 saturated carbocycles. The van der Waals surface area contributed by atoms with Crippen molar-refractivity contribution in [3.8, 4) is 0 Å². The first-order chi connectivity index (χ1) is 66.6. The molecule has 9 aromatic rings. The fraction of sp³-hybridized carbons (Fsp3) is 0.417. The summed E-state index contributed by atoms with van der Waals surface area (Å²) in [5.41, 5.74) is 5.98. The lowest BCUT2D eigenvalue weighted by molar-refractivity contribution is -0.409. The van der Waals surface area contributed by atoms with Crippen LogP contribution in [0.2, 0.25) is 0 Å². The molecule has 736 valence electrons. The number of hydrogen-bond acceptors (Lipinski definition) is 28. The van der Waals surface area contributed by atoms with Crippen molar-refractivity contribution in [2.45, 2.75) is 255 Å². The van der Waals surface area contributed by atoms with Crippen molar-refractivity contribution in [1.82, 2.24) is 5.32 Å². The Morgan fingerprint density at radius 1 is 0.297 bits per heavy atom. The lowest BCUT2D eigenvalue weighted by atomic mass is 9.94. The summed E-state index contributed by atoms with van der Waals surface area (Å²) in [6.45, 7) is 7.11. The van der Waals surface area contributed by atoms with Crippen LogP contribution in [0, 0.1) is 5.41 Å². The Kier molecular flexibility index (Phi) is 38.7. The van der Waals surface area contributed by atoms with Gasteiger partial charge in [-0.05, 0) is 77.4 Å². The quantitative estimate of drug-likeness (QED) is 0.0118. The van der Waals surface area contributed by atoms with E-state index in [0.717, 1.165) is 54.2 Å². The fourth-order valence-corrected chi connectivity index (χ4v) is 17.0. The molecule has 5 aliphatic rings. The zero-order valence-electron chi connectivity index (χ0n) is 76.3. The molecule has 35 heteroatoms. The van der Waals surface area contributed by atoms with E-state index in [1.807, 2.05) is 243 Å². The van der Waals surface area contributed by atoms with Crippen LogP contribution in [0.4, 0.5) is 0 Å². The summed E-state index contributed by atoms with van der Waals surface area (Å²) in [4.78, 5) is 70.4. The Morgan fingerprint density at radius 2 is 0.609 bits per heavy atom. The second kappa shape index (κ2) is 51.0. The highest BCUT2D eigenvalue weighted by atomic mass is 35.6. The lowest BCUT2D eigenvalue weighted by Gasteiger charge is -2.53. The molecule has 138 heavy (non-hydrogen) atoms. The van der Waals surface area contributed by atoms with E-state index in [2.05, 4.69) is 5.32 Å². The molecule has 0 radical (unpaired) electrons. The van der Waals surface area contributed by atoms with Crippen LogP contribution in [-0.2, 0) is 176 Å². The molecule has 0 unspecified atom stereocenters. The van der Waals surface area contributed by atoms with Crippen molar-refractivity contribution in [3.05, 3.63) is 323 Å². The highest BCUT2D eigenvalue weighted by Gasteiger charge is 2.62. The summed E-state index contributed by atoms with van der Waals surface area (Å²) in [7, 11) is 0. The van der Waals surface area contributed by atoms with Crippen molar-refractivity contribution in [2.75, 3.05) is 13.2 Å². The summed E-state index contributed by atoms with van der Waals surface area (Å²) in [5.74, 6) is -6.02. The maximum atomic E-state index is 15.6. The minimum atomic E-state index is -2.77. The molecule has 5 fully saturated rings. The zero-order chi connectivity index (χ0) is 97.2. The molecular formula is C103H110Cl6N2O27. The van der Waals surface area contributed by atoms with Gasteiger partial charge < -0.3 is 110 Å². The lowest BCUT2D eigenvalue weighted by Crippen LogP contribution is -2.70. The molecule has 5 aliphatic heterocycles. The number of halogens is 6. The van der Waals surface area contributed by atoms with Gasteiger partial charge in [-0.15, -0.1) is 0 Å². The largest absolute Gasteiger partial charge is 0.463 e. The molecule has 1 amide bonds. The van der Waals surface area contributed by atoms with Crippen LogP contribution in [-0.4, -0.2) is 210 Å². The van der Waals surface area contributed by atoms with E-state index in [1.54, 1.807) is 39.0 Å². The minimum absolute atomic E-state index is 0.00882. The monoisotopic (exact) mass is 2020 g/mol. The van der Waals surface area contributed by atoms with Crippen LogP contribution in [0.15, 0.2) is 273 Å². The van der Waals surface area contributed by atoms with Gasteiger partial charge in [0, 0.05) is 20.8 Å². The van der Waals surface area contributed by atoms with E-state index in [4.69, 9.17) is 174 Å². The number of rotatable bonds is 41. The Hall–Kier alpha value is -9.14. The van der Waals surface area contributed by atoms with Gasteiger partial charge in [-0.1, -0.05) is 330 Å². The molecule has 25 atom stereocenters. The Labute approximate surface area is 830 Å². The normalized spacial score (nSPS) is 28.3. The third kappa shape index (κ3) is 29.5. The number of alkyl halides is 6. The summed E-state index contributed by atoms with van der Waals surface area (Å²) in [5, 5.41) is 12.0. The van der Waals surface area contributed by atoms with E-state index < -0.39 is 203 Å². The van der Waals surface area contributed by atoms with E-state index >= 15 is 4.79 Å². The molecule has 0 aromatic heterocycles. The van der Waals surface area contributed by atoms with Crippen LogP contribution in [0.3, 0.4) is 0 Å². The van der Waals surface area contributed by atoms with Gasteiger partial charge in [-0.3, -0.25) is 24.6 Å². The molecule has 29 nitrogen and oxygen atoms in total. The third-order valence-electron chi connectivity index (χ3n) is 23.3. The maximum absolute atomic E-state index is 15.6. The average Bonchev–Trinajstić information content (AvgIpc) is 0.754. The van der Waals surface area contributed by atoms with Gasteiger partial charge in [0.1, 0.15) is 92.0 Å². The van der Waals surface area contributed by atoms with Crippen molar-refractivity contribution in [3.63, 3.8) is 0 Å². The maximum Gasteiger partial charge on any atom is 0.338 e. The van der Waals surface area contributed by atoms with Crippen LogP contribution in [0.25, 0.3) is 0 Å². The number of nitrogens with one attached hydrogen (secondary N) is 2. The number of carbonyl (C=O) groups excluding carboxylic acids is 5. The minimum Gasteiger partial charge on any atom is -0.463 e. The number of benzene rings is 9. The number of ether oxygens (including phenoxy) is 22. The van der Waals surface area contributed by atoms with Crippen LogP contribution >= 0.6 is 69.6 Å². The Bertz CT molecular complexity index is 5260. The first-order valence-corrected chi connectivity index (χ1v) is 47.4. The molecule has 5 saturated heterocycles. The first-order valence-electron chi connectivity index (χ1n) is 45.2. The molecule has 0 bridgehead atoms. The van der Waals surface area contributed by atoms with Gasteiger partial charge in [0.05, 0.1) is 83.3 Å². The van der Waals surface area contributed by atoms with E-state index in [0.29, 0.717) is 11.1 Å². The molecule has 14 rings (SSSR count). The second-order valence-corrected chi connectivity index (χ2v) is 38.1. The van der Waals surface area contributed by atoms with Crippen molar-refractivity contribution in [1.29, 1.82) is 5.41 Å². The van der Waals surface area contributed by atoms with Gasteiger partial charge in [0.25, 0.3) is 13.5 Å². The van der Waals surface area contributed by atoms with Crippen LogP contribution in [0.5, 0.6) is 0 Å². The van der Waals surface area contributed by atoms with Gasteiger partial charge in [0.15, 0.2) is 43.5 Å². The highest BCUT2D eigenvalue weighted by Crippen LogP contribution is 2.44. The van der Waals surface area contributed by atoms with Gasteiger partial charge >= 0.3 is 23.9 Å². The number of hydrogen-bond donors (Lipinski definition) is 2. The standard InChI is InChI=1S/C103H110Cl6N2O27/c1-62-81(120-54-70-38-20-9-21-39-70)87(123-57-73-44-26-12-27-45-73)92(137-98-91(86(122-56-72-42-24-11-25-43-72)80(63(2)127-98)119-53-69-36-18-8-19-37-69)136-95-79(111-101(116)103(107,108)109)85(130-67(6)114)84(129-66(5)113)78(131-95)61-118-65(4)112)97(126-62)135-89-82(64(3)128-99(138-100(110)102(104,105)106)93(89)133-94(115)76-50-32-15-33-51-76)134-96-90(125-59-75-48-30-14-31-49-75)88(124-58-74-46-28-13-29-47-74)83(121-55-71-40-22-10-23-41-71)77(132-96)60-117-52-68-34-16-7-17-35-68/h7-51,62-64,77-93,95-99,110H,52-61H2,1-6H3,(H,111,116)/t62-,63-,64-,77+,78+,79+,80-,81-,82-,83+,84+,85+,86+,87+,88-,89+,90+,91+,92+,93+,95-,96+,97-,98-,99-/m0/s1. The van der Waals surface area contributed by atoms with E-state index in [1.165, 1.54) is 12.1 Å². The smallest absolute Gasteiger partial charge is 0.338 e. The molecule has 0 aliphatic carbocycles. The summed E-state index contributed by atoms with van der Waals surface area (Å²) in [6, 6.07) is 81.1. The average molecular weight is 2020 g/mol. The number of esters is 4. The predicted molar refractivity (Wildman–Crippen MR) is 506 cm³/mol. The summed E-state index contributed by atoms with van der Waals surface area (Å²) < 4.78 is 150. The molecule has 0 spiro atoms. The van der Waals surface area contributed by atoms with Crippen LogP contribution < -0.4 is 5.32 Å². The van der Waals surface area contributed by atoms with Crippen molar-refractivity contribution >= 4 is 105 Å². The first kappa shape index (κ1) is 105. The summed E-state index contributed by atoms with van der Waals surface area (Å²) in [6.07, 6.45) is -37.2. The van der Waals surface area contributed by atoms with Gasteiger partial charge in [-0.25, -0.2) is 4.79 Å². The highest BCUT2D eigenvalue weighted by molar-refractivity contribution is 6.76. The topological polar surface area (TPSA) is 324 Å². The van der Waals surface area contributed by atoms with Gasteiger partial charge in [0.2, 0.25) is 12.2 Å².